The van der Waals surface area contributed by atoms with E-state index in [1.54, 1.807) is 47.7 Å². The van der Waals surface area contributed by atoms with E-state index in [4.69, 9.17) is 16.6 Å². The number of halogens is 2. The Morgan fingerprint density at radius 3 is 2.27 bits per heavy atom. The summed E-state index contributed by atoms with van der Waals surface area (Å²) in [4.78, 5) is 34.6. The van der Waals surface area contributed by atoms with E-state index in [-0.39, 0.29) is 24.1 Å². The summed E-state index contributed by atoms with van der Waals surface area (Å²) in [5, 5.41) is 4.79. The maximum atomic E-state index is 12.6. The van der Waals surface area contributed by atoms with Crippen LogP contribution in [0.5, 0.6) is 0 Å². The molecule has 6 nitrogen and oxygen atoms in total. The van der Waals surface area contributed by atoms with Gasteiger partial charge in [-0.3, -0.25) is 14.5 Å². The largest absolute Gasteiger partial charge is 0.351 e. The van der Waals surface area contributed by atoms with Gasteiger partial charge in [0.1, 0.15) is 0 Å². The van der Waals surface area contributed by atoms with Crippen molar-refractivity contribution in [2.45, 2.75) is 6.92 Å². The number of hydrogen-bond donors (Lipinski definition) is 1. The zero-order valence-corrected chi connectivity index (χ0v) is 22.8. The summed E-state index contributed by atoms with van der Waals surface area (Å²) in [5.74, 6) is -0.178. The summed E-state index contributed by atoms with van der Waals surface area (Å²) >= 11 is 7.96. The summed E-state index contributed by atoms with van der Waals surface area (Å²) in [6.45, 7) is 7.01. The second kappa shape index (κ2) is 12.0. The number of rotatable bonds is 7. The average Bonchev–Trinajstić information content (AvgIpc) is 3.36. The topological polar surface area (TPSA) is 65.5 Å². The van der Waals surface area contributed by atoms with Gasteiger partial charge in [-0.05, 0) is 36.8 Å². The second-order valence-corrected chi connectivity index (χ2v) is 10.3. The fourth-order valence-electron chi connectivity index (χ4n) is 4.35. The number of aryl methyl sites for hydroxylation is 1. The Bertz CT molecular complexity index is 1380. The number of anilines is 1. The van der Waals surface area contributed by atoms with Gasteiger partial charge in [-0.15, -0.1) is 12.4 Å². The molecule has 0 radical (unpaired) electrons. The van der Waals surface area contributed by atoms with Crippen LogP contribution in [0.4, 0.5) is 5.13 Å². The molecule has 0 unspecified atom stereocenters. The zero-order valence-electron chi connectivity index (χ0n) is 20.4. The Morgan fingerprint density at radius 1 is 0.919 bits per heavy atom. The van der Waals surface area contributed by atoms with Gasteiger partial charge in [-0.25, -0.2) is 4.98 Å². The quantitative estimate of drug-likeness (QED) is 0.307. The molecule has 0 saturated carbocycles. The van der Waals surface area contributed by atoms with E-state index < -0.39 is 0 Å². The molecule has 4 aromatic rings. The van der Waals surface area contributed by atoms with Crippen LogP contribution in [-0.4, -0.2) is 60.8 Å². The standard InChI is InChI=1S/C28H27ClN4O2S.ClH/c1-19-23(29)11-12-24-25(19)31-28(36-24)33-17-15-32(16-18-33)14-13-30-27(35)22-9-7-21(8-10-22)26(34)20-5-3-2-4-6-20;/h2-12H,13-18H2,1H3,(H,30,35);1H. The van der Waals surface area contributed by atoms with E-state index in [0.717, 1.165) is 58.7 Å². The molecule has 37 heavy (non-hydrogen) atoms. The predicted molar refractivity (Wildman–Crippen MR) is 154 cm³/mol. The molecule has 1 aromatic heterocycles. The zero-order chi connectivity index (χ0) is 25.1. The second-order valence-electron chi connectivity index (χ2n) is 8.87. The molecule has 1 aliphatic rings. The fraction of sp³-hybridized carbons (Fsp3) is 0.250. The van der Waals surface area contributed by atoms with E-state index in [1.165, 1.54) is 0 Å². The highest BCUT2D eigenvalue weighted by Crippen LogP contribution is 2.33. The minimum atomic E-state index is -0.129. The highest BCUT2D eigenvalue weighted by Gasteiger charge is 2.20. The lowest BCUT2D eigenvalue weighted by atomic mass is 10.0. The van der Waals surface area contributed by atoms with Gasteiger partial charge in [0.15, 0.2) is 10.9 Å². The molecule has 1 N–H and O–H groups in total. The molecule has 2 heterocycles. The molecule has 5 rings (SSSR count). The van der Waals surface area contributed by atoms with Crippen molar-refractivity contribution in [2.75, 3.05) is 44.2 Å². The Labute approximate surface area is 231 Å². The van der Waals surface area contributed by atoms with E-state index in [1.807, 2.05) is 37.3 Å². The van der Waals surface area contributed by atoms with Crippen LogP contribution in [0.15, 0.2) is 66.7 Å². The number of nitrogens with zero attached hydrogens (tertiary/aromatic N) is 3. The molecule has 0 bridgehead atoms. The number of ketones is 1. The van der Waals surface area contributed by atoms with Crippen molar-refractivity contribution >= 4 is 62.4 Å². The van der Waals surface area contributed by atoms with Crippen molar-refractivity contribution in [3.63, 3.8) is 0 Å². The van der Waals surface area contributed by atoms with Crippen LogP contribution in [0.2, 0.25) is 5.02 Å². The van der Waals surface area contributed by atoms with E-state index in [0.29, 0.717) is 23.2 Å². The van der Waals surface area contributed by atoms with E-state index in [9.17, 15) is 9.59 Å². The van der Waals surface area contributed by atoms with Gasteiger partial charge in [0.2, 0.25) is 0 Å². The molecule has 0 atom stereocenters. The van der Waals surface area contributed by atoms with Crippen LogP contribution >= 0.6 is 35.3 Å². The molecule has 9 heteroatoms. The lowest BCUT2D eigenvalue weighted by molar-refractivity contribution is 0.0946. The van der Waals surface area contributed by atoms with Crippen LogP contribution in [-0.2, 0) is 0 Å². The van der Waals surface area contributed by atoms with Gasteiger partial charge in [0, 0.05) is 61.0 Å². The monoisotopic (exact) mass is 554 g/mol. The van der Waals surface area contributed by atoms with Crippen molar-refractivity contribution < 1.29 is 9.59 Å². The first kappa shape index (κ1) is 27.1. The number of nitrogens with one attached hydrogen (secondary N) is 1. The first-order valence-electron chi connectivity index (χ1n) is 12.0. The number of hydrogen-bond acceptors (Lipinski definition) is 6. The van der Waals surface area contributed by atoms with Crippen LogP contribution in [0, 0.1) is 6.92 Å². The van der Waals surface area contributed by atoms with E-state index >= 15 is 0 Å². The highest BCUT2D eigenvalue weighted by molar-refractivity contribution is 7.22. The summed E-state index contributed by atoms with van der Waals surface area (Å²) in [7, 11) is 0. The molecule has 192 valence electrons. The van der Waals surface area contributed by atoms with Crippen LogP contribution in [0.25, 0.3) is 10.2 Å². The summed E-state index contributed by atoms with van der Waals surface area (Å²) in [5.41, 5.74) is 3.78. The average molecular weight is 556 g/mol. The molecular formula is C28H28Cl2N4O2S. The predicted octanol–water partition coefficient (Wildman–Crippen LogP) is 5.46. The van der Waals surface area contributed by atoms with Crippen molar-refractivity contribution in [1.82, 2.24) is 15.2 Å². The number of amides is 1. The van der Waals surface area contributed by atoms with Crippen LogP contribution in [0.1, 0.15) is 31.8 Å². The Morgan fingerprint density at radius 2 is 1.57 bits per heavy atom. The Hall–Kier alpha value is -2.97. The molecule has 1 saturated heterocycles. The smallest absolute Gasteiger partial charge is 0.251 e. The SMILES string of the molecule is Cc1c(Cl)ccc2sc(N3CCN(CCNC(=O)c4ccc(C(=O)c5ccccc5)cc4)CC3)nc12.Cl. The number of aromatic nitrogens is 1. The summed E-state index contributed by atoms with van der Waals surface area (Å²) < 4.78 is 1.16. The fourth-order valence-corrected chi connectivity index (χ4v) is 5.57. The summed E-state index contributed by atoms with van der Waals surface area (Å²) in [6.07, 6.45) is 0. The molecule has 1 amide bonds. The first-order chi connectivity index (χ1) is 17.5. The van der Waals surface area contributed by atoms with Gasteiger partial charge < -0.3 is 10.2 Å². The Balaban J connectivity index is 0.00000320. The number of fused-ring (bicyclic) bond motifs is 1. The maximum Gasteiger partial charge on any atom is 0.251 e. The number of benzene rings is 3. The molecule has 0 aliphatic carbocycles. The number of thiazole rings is 1. The minimum absolute atomic E-state index is 0. The van der Waals surface area contributed by atoms with Crippen molar-refractivity contribution in [2.24, 2.45) is 0 Å². The lowest BCUT2D eigenvalue weighted by Crippen LogP contribution is -2.48. The minimum Gasteiger partial charge on any atom is -0.351 e. The third kappa shape index (κ3) is 6.13. The van der Waals surface area contributed by atoms with Crippen molar-refractivity contribution in [3.8, 4) is 0 Å². The summed E-state index contributed by atoms with van der Waals surface area (Å²) in [6, 6.07) is 19.9. The molecule has 1 fully saturated rings. The molecule has 1 aliphatic heterocycles. The van der Waals surface area contributed by atoms with Gasteiger partial charge in [0.25, 0.3) is 5.91 Å². The third-order valence-corrected chi connectivity index (χ3v) is 8.03. The molecular weight excluding hydrogens is 527 g/mol. The first-order valence-corrected chi connectivity index (χ1v) is 13.2. The van der Waals surface area contributed by atoms with Crippen molar-refractivity contribution in [1.29, 1.82) is 0 Å². The maximum absolute atomic E-state index is 12.6. The molecule has 0 spiro atoms. The molecule has 3 aromatic carbocycles. The highest BCUT2D eigenvalue weighted by atomic mass is 35.5. The number of carbonyl (C=O) groups excluding carboxylic acids is 2. The number of carbonyl (C=O) groups is 2. The van der Waals surface area contributed by atoms with E-state index in [2.05, 4.69) is 15.1 Å². The van der Waals surface area contributed by atoms with Crippen LogP contribution in [0.3, 0.4) is 0 Å². The third-order valence-electron chi connectivity index (χ3n) is 6.54. The Kier molecular flexibility index (Phi) is 8.82. The van der Waals surface area contributed by atoms with Gasteiger partial charge in [-0.1, -0.05) is 65.4 Å². The van der Waals surface area contributed by atoms with Gasteiger partial charge in [0.05, 0.1) is 10.2 Å². The van der Waals surface area contributed by atoms with Crippen LogP contribution < -0.4 is 10.2 Å². The van der Waals surface area contributed by atoms with Crippen molar-refractivity contribution in [3.05, 3.63) is 94.0 Å². The normalized spacial score (nSPS) is 13.8. The van der Waals surface area contributed by atoms with Gasteiger partial charge in [-0.2, -0.15) is 0 Å². The lowest BCUT2D eigenvalue weighted by Gasteiger charge is -2.34. The number of piperazine rings is 1. The van der Waals surface area contributed by atoms with Gasteiger partial charge >= 0.3 is 0 Å².